The van der Waals surface area contributed by atoms with Crippen LogP contribution in [-0.4, -0.2) is 37.9 Å². The number of ether oxygens (including phenoxy) is 4. The molecule has 28 heavy (non-hydrogen) atoms. The predicted molar refractivity (Wildman–Crippen MR) is 101 cm³/mol. The van der Waals surface area contributed by atoms with Gasteiger partial charge in [0, 0.05) is 11.1 Å². The molecule has 0 unspecified atom stereocenters. The fraction of sp³-hybridized carbons (Fsp3) is 0.333. The number of hydrogen-bond acceptors (Lipinski definition) is 6. The molecule has 1 aliphatic heterocycles. The number of carboxylic acids is 1. The highest BCUT2D eigenvalue weighted by Crippen LogP contribution is 2.45. The lowest BCUT2D eigenvalue weighted by molar-refractivity contribution is -0.148. The molecule has 0 bridgehead atoms. The molecule has 0 fully saturated rings. The number of esters is 1. The van der Waals surface area contributed by atoms with Crippen LogP contribution in [0.2, 0.25) is 0 Å². The van der Waals surface area contributed by atoms with E-state index < -0.39 is 11.4 Å². The van der Waals surface area contributed by atoms with E-state index in [4.69, 9.17) is 18.9 Å². The van der Waals surface area contributed by atoms with E-state index in [-0.39, 0.29) is 19.2 Å². The maximum atomic E-state index is 11.7. The molecule has 0 amide bonds. The molecule has 7 nitrogen and oxygen atoms in total. The summed E-state index contributed by atoms with van der Waals surface area (Å²) in [5.41, 5.74) is 1.72. The molecule has 0 saturated carbocycles. The van der Waals surface area contributed by atoms with Crippen LogP contribution in [0.1, 0.15) is 29.8 Å². The number of aliphatic carboxylic acids is 1. The van der Waals surface area contributed by atoms with Crippen molar-refractivity contribution in [3.8, 4) is 28.4 Å². The zero-order chi connectivity index (χ0) is 20.5. The number of fused-ring (bicyclic) bond motifs is 1. The molecule has 1 aliphatic rings. The van der Waals surface area contributed by atoms with E-state index in [1.54, 1.807) is 32.0 Å². The van der Waals surface area contributed by atoms with Crippen LogP contribution in [0, 0.1) is 5.41 Å². The first-order chi connectivity index (χ1) is 13.3. The molecule has 2 aromatic carbocycles. The predicted octanol–water partition coefficient (Wildman–Crippen LogP) is 3.53. The van der Waals surface area contributed by atoms with Gasteiger partial charge in [0.2, 0.25) is 5.75 Å². The fourth-order valence-corrected chi connectivity index (χ4v) is 2.88. The summed E-state index contributed by atoms with van der Waals surface area (Å²) in [6.45, 7) is 3.32. The zero-order valence-electron chi connectivity index (χ0n) is 16.2. The van der Waals surface area contributed by atoms with E-state index in [9.17, 15) is 14.7 Å². The van der Waals surface area contributed by atoms with Crippen molar-refractivity contribution in [3.63, 3.8) is 0 Å². The summed E-state index contributed by atoms with van der Waals surface area (Å²) in [7, 11) is 3.01. The van der Waals surface area contributed by atoms with Crippen LogP contribution in [0.4, 0.5) is 0 Å². The first kappa shape index (κ1) is 19.5. The van der Waals surface area contributed by atoms with Crippen molar-refractivity contribution in [1.29, 1.82) is 0 Å². The SMILES string of the molecule is COc1ccc(-c2ccc3c(c2)COC3=O)c(OCC(C)(C)C(=O)O)c1OC. The molecule has 7 heteroatoms. The Morgan fingerprint density at radius 2 is 1.82 bits per heavy atom. The van der Waals surface area contributed by atoms with Crippen molar-refractivity contribution in [2.75, 3.05) is 20.8 Å². The van der Waals surface area contributed by atoms with Crippen LogP contribution in [0.15, 0.2) is 30.3 Å². The Morgan fingerprint density at radius 3 is 2.46 bits per heavy atom. The Balaban J connectivity index is 2.08. The molecule has 1 heterocycles. The normalized spacial score (nSPS) is 12.9. The minimum Gasteiger partial charge on any atom is -0.493 e. The van der Waals surface area contributed by atoms with Crippen molar-refractivity contribution < 1.29 is 33.6 Å². The van der Waals surface area contributed by atoms with Crippen molar-refractivity contribution in [3.05, 3.63) is 41.5 Å². The van der Waals surface area contributed by atoms with Gasteiger partial charge in [-0.2, -0.15) is 0 Å². The number of carbonyl (C=O) groups is 2. The smallest absolute Gasteiger partial charge is 0.338 e. The fourth-order valence-electron chi connectivity index (χ4n) is 2.88. The molecular weight excluding hydrogens is 364 g/mol. The summed E-state index contributed by atoms with van der Waals surface area (Å²) < 4.78 is 21.8. The van der Waals surface area contributed by atoms with Crippen LogP contribution >= 0.6 is 0 Å². The number of carbonyl (C=O) groups excluding carboxylic acids is 1. The lowest BCUT2D eigenvalue weighted by Crippen LogP contribution is -2.30. The Hall–Kier alpha value is -3.22. The maximum absolute atomic E-state index is 11.7. The van der Waals surface area contributed by atoms with E-state index in [0.717, 1.165) is 11.1 Å². The van der Waals surface area contributed by atoms with E-state index in [1.165, 1.54) is 14.2 Å². The topological polar surface area (TPSA) is 91.3 Å². The average Bonchev–Trinajstić information content (AvgIpc) is 3.05. The first-order valence-electron chi connectivity index (χ1n) is 8.70. The zero-order valence-corrected chi connectivity index (χ0v) is 16.2. The molecular formula is C21H22O7. The van der Waals surface area contributed by atoms with Gasteiger partial charge in [-0.1, -0.05) is 6.07 Å². The number of cyclic esters (lactones) is 1. The monoisotopic (exact) mass is 386 g/mol. The van der Waals surface area contributed by atoms with Crippen molar-refractivity contribution in [2.24, 2.45) is 5.41 Å². The van der Waals surface area contributed by atoms with Crippen molar-refractivity contribution in [2.45, 2.75) is 20.5 Å². The largest absolute Gasteiger partial charge is 0.493 e. The van der Waals surface area contributed by atoms with Crippen LogP contribution in [0.3, 0.4) is 0 Å². The summed E-state index contributed by atoms with van der Waals surface area (Å²) in [5, 5.41) is 9.38. The highest BCUT2D eigenvalue weighted by Gasteiger charge is 2.30. The summed E-state index contributed by atoms with van der Waals surface area (Å²) >= 11 is 0. The first-order valence-corrected chi connectivity index (χ1v) is 8.70. The van der Waals surface area contributed by atoms with Gasteiger partial charge >= 0.3 is 11.9 Å². The number of rotatable bonds is 7. The molecule has 3 rings (SSSR count). The highest BCUT2D eigenvalue weighted by atomic mass is 16.5. The molecule has 1 N–H and O–H groups in total. The summed E-state index contributed by atoms with van der Waals surface area (Å²) in [5.74, 6) is -0.0953. The third-order valence-electron chi connectivity index (χ3n) is 4.65. The molecule has 0 aromatic heterocycles. The van der Waals surface area contributed by atoms with Gasteiger partial charge in [-0.05, 0) is 43.7 Å². The molecule has 0 aliphatic carbocycles. The quantitative estimate of drug-likeness (QED) is 0.728. The molecule has 2 aromatic rings. The second kappa shape index (κ2) is 7.42. The molecule has 0 spiro atoms. The summed E-state index contributed by atoms with van der Waals surface area (Å²) in [4.78, 5) is 23.2. The number of methoxy groups -OCH3 is 2. The van der Waals surface area contributed by atoms with Crippen LogP contribution in [0.5, 0.6) is 17.2 Å². The second-order valence-electron chi connectivity index (χ2n) is 7.10. The van der Waals surface area contributed by atoms with Gasteiger partial charge in [0.05, 0.1) is 25.2 Å². The average molecular weight is 386 g/mol. The van der Waals surface area contributed by atoms with Gasteiger partial charge in [0.1, 0.15) is 13.2 Å². The molecule has 0 saturated heterocycles. The van der Waals surface area contributed by atoms with Gasteiger partial charge in [0.15, 0.2) is 11.5 Å². The Morgan fingerprint density at radius 1 is 1.11 bits per heavy atom. The van der Waals surface area contributed by atoms with Crippen molar-refractivity contribution in [1.82, 2.24) is 0 Å². The molecule has 0 atom stereocenters. The minimum absolute atomic E-state index is 0.0641. The van der Waals surface area contributed by atoms with E-state index >= 15 is 0 Å². The number of carboxylic acid groups (broad SMARTS) is 1. The van der Waals surface area contributed by atoms with Crippen LogP contribution < -0.4 is 14.2 Å². The van der Waals surface area contributed by atoms with Gasteiger partial charge < -0.3 is 24.1 Å². The van der Waals surface area contributed by atoms with E-state index in [0.29, 0.717) is 28.4 Å². The van der Waals surface area contributed by atoms with Gasteiger partial charge in [-0.15, -0.1) is 0 Å². The summed E-state index contributed by atoms with van der Waals surface area (Å²) in [6, 6.07) is 8.92. The number of benzene rings is 2. The van der Waals surface area contributed by atoms with Gasteiger partial charge in [-0.25, -0.2) is 4.79 Å². The molecule has 148 valence electrons. The Labute approximate surface area is 162 Å². The lowest BCUT2D eigenvalue weighted by atomic mass is 9.95. The van der Waals surface area contributed by atoms with Crippen LogP contribution in [-0.2, 0) is 16.1 Å². The molecule has 0 radical (unpaired) electrons. The Kier molecular flexibility index (Phi) is 5.18. The third-order valence-corrected chi connectivity index (χ3v) is 4.65. The van der Waals surface area contributed by atoms with Crippen LogP contribution in [0.25, 0.3) is 11.1 Å². The van der Waals surface area contributed by atoms with E-state index in [1.807, 2.05) is 12.1 Å². The minimum atomic E-state index is -1.09. The number of hydrogen-bond donors (Lipinski definition) is 1. The maximum Gasteiger partial charge on any atom is 0.338 e. The van der Waals surface area contributed by atoms with E-state index in [2.05, 4.69) is 0 Å². The third kappa shape index (κ3) is 3.47. The lowest BCUT2D eigenvalue weighted by Gasteiger charge is -2.23. The second-order valence-corrected chi connectivity index (χ2v) is 7.10. The summed E-state index contributed by atoms with van der Waals surface area (Å²) in [6.07, 6.45) is 0. The van der Waals surface area contributed by atoms with Gasteiger partial charge in [0.25, 0.3) is 0 Å². The standard InChI is InChI=1S/C21H22O7/c1-21(2,20(23)24)11-28-17-14(7-8-16(25-3)18(17)26-4)12-5-6-15-13(9-12)10-27-19(15)22/h5-9H,10-11H2,1-4H3,(H,23,24). The highest BCUT2D eigenvalue weighted by molar-refractivity contribution is 5.94. The Bertz CT molecular complexity index is 931. The van der Waals surface area contributed by atoms with Crippen molar-refractivity contribution >= 4 is 11.9 Å². The van der Waals surface area contributed by atoms with Gasteiger partial charge in [-0.3, -0.25) is 4.79 Å².